The molecule has 2 atom stereocenters. The molecule has 2 N–H and O–H groups in total. The summed E-state index contributed by atoms with van der Waals surface area (Å²) in [6.07, 6.45) is 4.60. The van der Waals surface area contributed by atoms with E-state index in [0.717, 1.165) is 19.3 Å². The molecule has 0 aliphatic heterocycles. The minimum absolute atomic E-state index is 0.108. The number of carbonyl (C=O) groups is 1. The fourth-order valence-electron chi connectivity index (χ4n) is 2.98. The third-order valence-corrected chi connectivity index (χ3v) is 4.97. The van der Waals surface area contributed by atoms with Crippen molar-refractivity contribution in [1.82, 2.24) is 4.90 Å². The van der Waals surface area contributed by atoms with Crippen molar-refractivity contribution in [2.24, 2.45) is 5.92 Å². The van der Waals surface area contributed by atoms with E-state index in [0.29, 0.717) is 22.2 Å². The van der Waals surface area contributed by atoms with E-state index in [1.165, 1.54) is 6.42 Å². The van der Waals surface area contributed by atoms with E-state index < -0.39 is 0 Å². The molecule has 1 aromatic carbocycles. The first kappa shape index (κ1) is 15.5. The number of anilines is 1. The second-order valence-corrected chi connectivity index (χ2v) is 6.39. The summed E-state index contributed by atoms with van der Waals surface area (Å²) in [6, 6.07) is 3.41. The SMILES string of the molecule is CC1CCCCC1N(C)C(=O)c1cc(N)cc(Cl)c1Cl. The van der Waals surface area contributed by atoms with Gasteiger partial charge < -0.3 is 10.6 Å². The van der Waals surface area contributed by atoms with Gasteiger partial charge in [0.05, 0.1) is 15.6 Å². The molecular weight excluding hydrogens is 295 g/mol. The number of amides is 1. The molecule has 2 rings (SSSR count). The monoisotopic (exact) mass is 314 g/mol. The Labute approximate surface area is 130 Å². The fourth-order valence-corrected chi connectivity index (χ4v) is 3.40. The predicted molar refractivity (Wildman–Crippen MR) is 84.4 cm³/mol. The Morgan fingerprint density at radius 3 is 2.60 bits per heavy atom. The van der Waals surface area contributed by atoms with E-state index >= 15 is 0 Å². The molecule has 0 heterocycles. The average Bonchev–Trinajstić information content (AvgIpc) is 2.42. The van der Waals surface area contributed by atoms with Crippen molar-refractivity contribution in [2.75, 3.05) is 12.8 Å². The molecule has 1 saturated carbocycles. The number of nitrogens with two attached hydrogens (primary N) is 1. The zero-order valence-corrected chi connectivity index (χ0v) is 13.3. The molecule has 0 bridgehead atoms. The van der Waals surface area contributed by atoms with Crippen molar-refractivity contribution in [3.05, 3.63) is 27.7 Å². The van der Waals surface area contributed by atoms with Crippen LogP contribution in [0.2, 0.25) is 10.0 Å². The van der Waals surface area contributed by atoms with Gasteiger partial charge in [0.1, 0.15) is 0 Å². The Morgan fingerprint density at radius 1 is 1.30 bits per heavy atom. The molecule has 2 unspecified atom stereocenters. The Kier molecular flexibility index (Phi) is 4.82. The summed E-state index contributed by atoms with van der Waals surface area (Å²) in [5.74, 6) is 0.399. The van der Waals surface area contributed by atoms with Gasteiger partial charge in [-0.05, 0) is 30.9 Å². The highest BCUT2D eigenvalue weighted by atomic mass is 35.5. The number of nitrogen functional groups attached to an aromatic ring is 1. The number of nitrogens with zero attached hydrogens (tertiary/aromatic N) is 1. The average molecular weight is 315 g/mol. The lowest BCUT2D eigenvalue weighted by molar-refractivity contribution is 0.0629. The summed E-state index contributed by atoms with van der Waals surface area (Å²) in [5, 5.41) is 0.598. The molecule has 0 radical (unpaired) electrons. The van der Waals surface area contributed by atoms with Crippen molar-refractivity contribution in [2.45, 2.75) is 38.6 Å². The van der Waals surface area contributed by atoms with Crippen molar-refractivity contribution >= 4 is 34.8 Å². The molecule has 1 fully saturated rings. The maximum atomic E-state index is 12.6. The first-order valence-electron chi connectivity index (χ1n) is 6.93. The van der Waals surface area contributed by atoms with Crippen molar-refractivity contribution < 1.29 is 4.79 Å². The van der Waals surface area contributed by atoms with Gasteiger partial charge in [0.15, 0.2) is 0 Å². The number of halogens is 2. The van der Waals surface area contributed by atoms with Crippen LogP contribution in [0.4, 0.5) is 5.69 Å². The lowest BCUT2D eigenvalue weighted by Crippen LogP contribution is -2.42. The van der Waals surface area contributed by atoms with Gasteiger partial charge >= 0.3 is 0 Å². The second-order valence-electron chi connectivity index (χ2n) is 5.61. The quantitative estimate of drug-likeness (QED) is 0.830. The van der Waals surface area contributed by atoms with Gasteiger partial charge in [0.2, 0.25) is 0 Å². The molecule has 3 nitrogen and oxygen atoms in total. The van der Waals surface area contributed by atoms with Crippen LogP contribution in [0.3, 0.4) is 0 Å². The highest BCUT2D eigenvalue weighted by Gasteiger charge is 2.29. The van der Waals surface area contributed by atoms with Crippen LogP contribution < -0.4 is 5.73 Å². The number of carbonyl (C=O) groups excluding carboxylic acids is 1. The van der Waals surface area contributed by atoms with Gasteiger partial charge in [-0.2, -0.15) is 0 Å². The first-order valence-corrected chi connectivity index (χ1v) is 7.69. The second kappa shape index (κ2) is 6.23. The Balaban J connectivity index is 2.26. The van der Waals surface area contributed by atoms with Gasteiger partial charge in [-0.15, -0.1) is 0 Å². The molecule has 1 amide bonds. The molecule has 1 aliphatic carbocycles. The molecule has 20 heavy (non-hydrogen) atoms. The number of hydrogen-bond donors (Lipinski definition) is 1. The van der Waals surface area contributed by atoms with E-state index in [2.05, 4.69) is 6.92 Å². The van der Waals surface area contributed by atoms with Gasteiger partial charge in [0, 0.05) is 18.8 Å². The van der Waals surface area contributed by atoms with Gasteiger partial charge in [-0.1, -0.05) is 43.0 Å². The number of hydrogen-bond acceptors (Lipinski definition) is 2. The zero-order chi connectivity index (χ0) is 14.9. The van der Waals surface area contributed by atoms with Crippen LogP contribution in [0.1, 0.15) is 43.0 Å². The Hall–Kier alpha value is -0.930. The van der Waals surface area contributed by atoms with Crippen molar-refractivity contribution in [3.8, 4) is 0 Å². The van der Waals surface area contributed by atoms with E-state index in [1.807, 2.05) is 7.05 Å². The number of benzene rings is 1. The fraction of sp³-hybridized carbons (Fsp3) is 0.533. The van der Waals surface area contributed by atoms with Crippen LogP contribution in [0.5, 0.6) is 0 Å². The largest absolute Gasteiger partial charge is 0.399 e. The summed E-state index contributed by atoms with van der Waals surface area (Å²) in [5.41, 5.74) is 6.60. The maximum absolute atomic E-state index is 12.6. The van der Waals surface area contributed by atoms with Crippen LogP contribution in [0.15, 0.2) is 12.1 Å². The normalized spacial score (nSPS) is 22.6. The third kappa shape index (κ3) is 3.04. The van der Waals surface area contributed by atoms with Crippen molar-refractivity contribution in [1.29, 1.82) is 0 Å². The molecule has 1 aromatic rings. The smallest absolute Gasteiger partial charge is 0.255 e. The predicted octanol–water partition coefficient (Wildman–Crippen LogP) is 4.23. The molecule has 0 saturated heterocycles. The molecule has 0 aromatic heterocycles. The zero-order valence-electron chi connectivity index (χ0n) is 11.8. The lowest BCUT2D eigenvalue weighted by Gasteiger charge is -2.36. The first-order chi connectivity index (χ1) is 9.41. The van der Waals surface area contributed by atoms with E-state index in [1.54, 1.807) is 17.0 Å². The highest BCUT2D eigenvalue weighted by Crippen LogP contribution is 2.32. The van der Waals surface area contributed by atoms with E-state index in [-0.39, 0.29) is 17.0 Å². The van der Waals surface area contributed by atoms with E-state index in [9.17, 15) is 4.79 Å². The summed E-state index contributed by atoms with van der Waals surface area (Å²) in [6.45, 7) is 2.20. The maximum Gasteiger partial charge on any atom is 0.255 e. The highest BCUT2D eigenvalue weighted by molar-refractivity contribution is 6.44. The topological polar surface area (TPSA) is 46.3 Å². The van der Waals surface area contributed by atoms with Crippen LogP contribution in [0.25, 0.3) is 0 Å². The Morgan fingerprint density at radius 2 is 1.95 bits per heavy atom. The van der Waals surface area contributed by atoms with Crippen LogP contribution in [0, 0.1) is 5.92 Å². The Bertz CT molecular complexity index is 519. The summed E-state index contributed by atoms with van der Waals surface area (Å²) in [7, 11) is 1.84. The molecule has 5 heteroatoms. The van der Waals surface area contributed by atoms with Gasteiger partial charge in [0.25, 0.3) is 5.91 Å². The van der Waals surface area contributed by atoms with E-state index in [4.69, 9.17) is 28.9 Å². The summed E-state index contributed by atoms with van der Waals surface area (Å²) < 4.78 is 0. The third-order valence-electron chi connectivity index (χ3n) is 4.16. The van der Waals surface area contributed by atoms with Gasteiger partial charge in [-0.25, -0.2) is 0 Å². The molecular formula is C15H20Cl2N2O. The van der Waals surface area contributed by atoms with Crippen LogP contribution >= 0.6 is 23.2 Å². The van der Waals surface area contributed by atoms with Crippen LogP contribution in [-0.4, -0.2) is 23.9 Å². The molecule has 110 valence electrons. The summed E-state index contributed by atoms with van der Waals surface area (Å²) in [4.78, 5) is 14.4. The molecule has 0 spiro atoms. The minimum Gasteiger partial charge on any atom is -0.399 e. The summed E-state index contributed by atoms with van der Waals surface area (Å²) >= 11 is 12.1. The van der Waals surface area contributed by atoms with Gasteiger partial charge in [-0.3, -0.25) is 4.79 Å². The minimum atomic E-state index is -0.108. The van der Waals surface area contributed by atoms with Crippen LogP contribution in [-0.2, 0) is 0 Å². The standard InChI is InChI=1S/C15H20Cl2N2O/c1-9-5-3-4-6-13(9)19(2)15(20)11-7-10(18)8-12(16)14(11)17/h7-9,13H,3-6,18H2,1-2H3. The number of rotatable bonds is 2. The lowest BCUT2D eigenvalue weighted by atomic mass is 9.85. The molecule has 1 aliphatic rings. The van der Waals surface area contributed by atoms with Crippen molar-refractivity contribution in [3.63, 3.8) is 0 Å².